The number of aryl methyl sites for hydroxylation is 1. The lowest BCUT2D eigenvalue weighted by molar-refractivity contribution is 0.0984. The van der Waals surface area contributed by atoms with Crippen molar-refractivity contribution < 1.29 is 9.32 Å². The van der Waals surface area contributed by atoms with E-state index in [1.165, 1.54) is 22.0 Å². The van der Waals surface area contributed by atoms with Crippen molar-refractivity contribution >= 4 is 28.7 Å². The molecule has 0 saturated heterocycles. The molecule has 4 heterocycles. The molecule has 140 valence electrons. The smallest absolute Gasteiger partial charge is 0.256 e. The quantitative estimate of drug-likeness (QED) is 0.439. The Morgan fingerprint density at radius 2 is 2.07 bits per heavy atom. The van der Waals surface area contributed by atoms with E-state index >= 15 is 0 Å². The molecule has 0 saturated carbocycles. The van der Waals surface area contributed by atoms with Crippen molar-refractivity contribution in [2.75, 3.05) is 0 Å². The van der Waals surface area contributed by atoms with Crippen molar-refractivity contribution in [1.82, 2.24) is 14.7 Å². The first kappa shape index (κ1) is 18.3. The normalized spacial score (nSPS) is 10.9. The van der Waals surface area contributed by atoms with Gasteiger partial charge in [-0.15, -0.1) is 11.3 Å². The standard InChI is InChI=1S/C20H14ClN3O3S/c21-18-8-7-17(28-18)16(25)6-5-14-11-15(23-27-14)13-4-9-19(22-12-13)24-10-2-1-3-20(24)26/h1-4,7-12H,5-6H2. The van der Waals surface area contributed by atoms with E-state index < -0.39 is 0 Å². The van der Waals surface area contributed by atoms with Gasteiger partial charge in [0.2, 0.25) is 0 Å². The van der Waals surface area contributed by atoms with E-state index in [2.05, 4.69) is 10.1 Å². The number of nitrogens with zero attached hydrogens (tertiary/aromatic N) is 3. The van der Waals surface area contributed by atoms with Gasteiger partial charge in [0, 0.05) is 42.9 Å². The van der Waals surface area contributed by atoms with E-state index in [1.807, 2.05) is 6.07 Å². The molecule has 0 aliphatic heterocycles. The van der Waals surface area contributed by atoms with Gasteiger partial charge in [0.1, 0.15) is 17.3 Å². The lowest BCUT2D eigenvalue weighted by Gasteiger charge is -2.04. The maximum Gasteiger partial charge on any atom is 0.256 e. The molecule has 0 bridgehead atoms. The van der Waals surface area contributed by atoms with E-state index in [0.29, 0.717) is 39.3 Å². The average Bonchev–Trinajstić information content (AvgIpc) is 3.36. The van der Waals surface area contributed by atoms with Crippen molar-refractivity contribution in [3.05, 3.63) is 86.3 Å². The zero-order valence-corrected chi connectivity index (χ0v) is 16.1. The van der Waals surface area contributed by atoms with Gasteiger partial charge in [0.05, 0.1) is 9.21 Å². The molecule has 0 amide bonds. The number of aromatic nitrogens is 3. The van der Waals surface area contributed by atoms with Crippen molar-refractivity contribution in [2.24, 2.45) is 0 Å². The second kappa shape index (κ2) is 7.92. The Balaban J connectivity index is 1.45. The van der Waals surface area contributed by atoms with Crippen LogP contribution in [0.3, 0.4) is 0 Å². The lowest BCUT2D eigenvalue weighted by Crippen LogP contribution is -2.16. The molecule has 0 N–H and O–H groups in total. The third-order valence-electron chi connectivity index (χ3n) is 4.12. The van der Waals surface area contributed by atoms with Crippen LogP contribution in [0, 0.1) is 0 Å². The van der Waals surface area contributed by atoms with E-state index in [9.17, 15) is 9.59 Å². The summed E-state index contributed by atoms with van der Waals surface area (Å²) in [5, 5.41) is 4.05. The Morgan fingerprint density at radius 1 is 1.18 bits per heavy atom. The highest BCUT2D eigenvalue weighted by Gasteiger charge is 2.12. The Bertz CT molecular complexity index is 1180. The minimum Gasteiger partial charge on any atom is -0.361 e. The Labute approximate surface area is 169 Å². The van der Waals surface area contributed by atoms with Crippen LogP contribution in [-0.2, 0) is 6.42 Å². The zero-order chi connectivity index (χ0) is 19.5. The summed E-state index contributed by atoms with van der Waals surface area (Å²) in [6, 6.07) is 13.7. The second-order valence-electron chi connectivity index (χ2n) is 6.02. The van der Waals surface area contributed by atoms with Crippen LogP contribution >= 0.6 is 22.9 Å². The largest absolute Gasteiger partial charge is 0.361 e. The van der Waals surface area contributed by atoms with Crippen LogP contribution < -0.4 is 5.56 Å². The Morgan fingerprint density at radius 3 is 2.79 bits per heavy atom. The van der Waals surface area contributed by atoms with Crippen molar-refractivity contribution in [3.63, 3.8) is 0 Å². The first-order valence-electron chi connectivity index (χ1n) is 8.49. The number of ketones is 1. The number of hydrogen-bond acceptors (Lipinski definition) is 6. The molecule has 0 fully saturated rings. The summed E-state index contributed by atoms with van der Waals surface area (Å²) in [5.74, 6) is 1.17. The van der Waals surface area contributed by atoms with Crippen molar-refractivity contribution in [3.8, 4) is 17.1 Å². The molecular formula is C20H14ClN3O3S. The number of halogens is 1. The fourth-order valence-corrected chi connectivity index (χ4v) is 3.70. The summed E-state index contributed by atoms with van der Waals surface area (Å²) < 4.78 is 7.39. The first-order valence-corrected chi connectivity index (χ1v) is 9.68. The number of rotatable bonds is 6. The molecule has 0 aromatic carbocycles. The third kappa shape index (κ3) is 3.95. The number of pyridine rings is 2. The maximum absolute atomic E-state index is 12.2. The van der Waals surface area contributed by atoms with Crippen molar-refractivity contribution in [1.29, 1.82) is 0 Å². The van der Waals surface area contributed by atoms with Gasteiger partial charge < -0.3 is 4.52 Å². The van der Waals surface area contributed by atoms with Gasteiger partial charge in [-0.1, -0.05) is 22.8 Å². The molecule has 4 aromatic heterocycles. The van der Waals surface area contributed by atoms with Gasteiger partial charge in [0.15, 0.2) is 5.78 Å². The van der Waals surface area contributed by atoms with E-state index in [0.717, 1.165) is 5.56 Å². The fourth-order valence-electron chi connectivity index (χ4n) is 2.69. The van der Waals surface area contributed by atoms with Crippen LogP contribution in [0.15, 0.2) is 70.2 Å². The molecule has 0 aliphatic carbocycles. The van der Waals surface area contributed by atoms with Crippen LogP contribution in [0.2, 0.25) is 4.34 Å². The molecular weight excluding hydrogens is 398 g/mol. The number of thiophene rings is 1. The topological polar surface area (TPSA) is 78.0 Å². The van der Waals surface area contributed by atoms with Gasteiger partial charge in [0.25, 0.3) is 5.56 Å². The van der Waals surface area contributed by atoms with E-state index in [1.54, 1.807) is 48.8 Å². The van der Waals surface area contributed by atoms with Crippen LogP contribution in [0.4, 0.5) is 0 Å². The molecule has 6 nitrogen and oxygen atoms in total. The highest BCUT2D eigenvalue weighted by Crippen LogP contribution is 2.24. The van der Waals surface area contributed by atoms with E-state index in [-0.39, 0.29) is 11.3 Å². The van der Waals surface area contributed by atoms with Crippen molar-refractivity contribution in [2.45, 2.75) is 12.8 Å². The van der Waals surface area contributed by atoms with Gasteiger partial charge in [-0.25, -0.2) is 4.98 Å². The van der Waals surface area contributed by atoms with Crippen LogP contribution in [0.25, 0.3) is 17.1 Å². The van der Waals surface area contributed by atoms with Crippen LogP contribution in [0.1, 0.15) is 21.9 Å². The maximum atomic E-state index is 12.2. The summed E-state index contributed by atoms with van der Waals surface area (Å²) >= 11 is 7.14. The molecule has 0 unspecified atom stereocenters. The first-order chi connectivity index (χ1) is 13.6. The molecule has 0 spiro atoms. The molecule has 0 radical (unpaired) electrons. The van der Waals surface area contributed by atoms with E-state index in [4.69, 9.17) is 16.1 Å². The zero-order valence-electron chi connectivity index (χ0n) is 14.5. The predicted octanol–water partition coefficient (Wildman–Crippen LogP) is 4.42. The Kier molecular flexibility index (Phi) is 5.18. The fraction of sp³-hybridized carbons (Fsp3) is 0.100. The van der Waals surface area contributed by atoms with Gasteiger partial charge >= 0.3 is 0 Å². The monoisotopic (exact) mass is 411 g/mol. The summed E-state index contributed by atoms with van der Waals surface area (Å²) in [6.07, 6.45) is 4.07. The molecule has 4 rings (SSSR count). The average molecular weight is 412 g/mol. The third-order valence-corrected chi connectivity index (χ3v) is 5.39. The number of Topliss-reactive ketones (excluding diaryl/α,β-unsaturated/α-hetero) is 1. The van der Waals surface area contributed by atoms with Gasteiger partial charge in [-0.3, -0.25) is 14.2 Å². The lowest BCUT2D eigenvalue weighted by atomic mass is 10.1. The highest BCUT2D eigenvalue weighted by atomic mass is 35.5. The number of hydrogen-bond donors (Lipinski definition) is 0. The number of carbonyl (C=O) groups is 1. The number of carbonyl (C=O) groups excluding carboxylic acids is 1. The summed E-state index contributed by atoms with van der Waals surface area (Å²) in [5.41, 5.74) is 1.24. The molecule has 0 aliphatic rings. The summed E-state index contributed by atoms with van der Waals surface area (Å²) in [7, 11) is 0. The minimum absolute atomic E-state index is 0.0224. The van der Waals surface area contributed by atoms with Gasteiger partial charge in [-0.2, -0.15) is 0 Å². The van der Waals surface area contributed by atoms with Crippen LogP contribution in [-0.4, -0.2) is 20.5 Å². The van der Waals surface area contributed by atoms with Crippen LogP contribution in [0.5, 0.6) is 0 Å². The minimum atomic E-state index is -0.150. The highest BCUT2D eigenvalue weighted by molar-refractivity contribution is 7.18. The SMILES string of the molecule is O=C(CCc1cc(-c2ccc(-n3ccccc3=O)nc2)no1)c1ccc(Cl)s1. The molecule has 4 aromatic rings. The summed E-state index contributed by atoms with van der Waals surface area (Å²) in [6.45, 7) is 0. The molecule has 0 atom stereocenters. The van der Waals surface area contributed by atoms with Gasteiger partial charge in [-0.05, 0) is 30.3 Å². The second-order valence-corrected chi connectivity index (χ2v) is 7.73. The summed E-state index contributed by atoms with van der Waals surface area (Å²) in [4.78, 5) is 29.0. The predicted molar refractivity (Wildman–Crippen MR) is 107 cm³/mol. The molecule has 8 heteroatoms. The Hall–Kier alpha value is -3.03. The molecule has 28 heavy (non-hydrogen) atoms.